The van der Waals surface area contributed by atoms with Gasteiger partial charge in [-0.25, -0.2) is 22.5 Å². The second kappa shape index (κ2) is 9.80. The van der Waals surface area contributed by atoms with Crippen LogP contribution in [0.3, 0.4) is 0 Å². The van der Waals surface area contributed by atoms with Gasteiger partial charge in [0.1, 0.15) is 17.7 Å². The van der Waals surface area contributed by atoms with Gasteiger partial charge in [-0.3, -0.25) is 0 Å². The van der Waals surface area contributed by atoms with Crippen molar-refractivity contribution in [2.24, 2.45) is 0 Å². The molecular formula is C20H23F6N5O. The van der Waals surface area contributed by atoms with Crippen LogP contribution in [0.1, 0.15) is 31.4 Å². The maximum atomic E-state index is 13.9. The monoisotopic (exact) mass is 463 g/mol. The number of rotatable bonds is 4. The Hall–Kier alpha value is -2.76. The third-order valence-corrected chi connectivity index (χ3v) is 5.27. The number of aliphatic hydroxyl groups is 1. The molecule has 0 bridgehead atoms. The van der Waals surface area contributed by atoms with Crippen molar-refractivity contribution in [2.75, 3.05) is 35.2 Å². The molecule has 1 aromatic carbocycles. The number of halogens is 6. The fourth-order valence-corrected chi connectivity index (χ4v) is 3.54. The summed E-state index contributed by atoms with van der Waals surface area (Å²) in [4.78, 5) is 10.2. The van der Waals surface area contributed by atoms with Crippen molar-refractivity contribution in [3.63, 3.8) is 0 Å². The van der Waals surface area contributed by atoms with Gasteiger partial charge in [0.15, 0.2) is 11.6 Å². The number of hydrogen-bond donors (Lipinski definition) is 2. The van der Waals surface area contributed by atoms with Gasteiger partial charge in [0, 0.05) is 37.5 Å². The second-order valence-corrected chi connectivity index (χ2v) is 7.50. The standard InChI is InChI=1S/C20H23F6N5O/c21-13-6-5-12(10-14(13)22)31-9-8-30(7-3-1-2-4-17(31)32)16-11-15(28-19(27)29-16)20(25,26)18(23)24/h5-6,10-11,17-18,32H,1-4,7-9H2,(H2,27,28,29). The third-order valence-electron chi connectivity index (χ3n) is 5.27. The highest BCUT2D eigenvalue weighted by atomic mass is 19.3. The zero-order chi connectivity index (χ0) is 23.5. The van der Waals surface area contributed by atoms with E-state index in [1.165, 1.54) is 11.0 Å². The smallest absolute Gasteiger partial charge is 0.349 e. The van der Waals surface area contributed by atoms with Gasteiger partial charge < -0.3 is 20.6 Å². The van der Waals surface area contributed by atoms with Crippen molar-refractivity contribution in [2.45, 2.75) is 44.3 Å². The molecule has 3 rings (SSSR count). The van der Waals surface area contributed by atoms with Crippen LogP contribution >= 0.6 is 0 Å². The molecule has 6 nitrogen and oxygen atoms in total. The van der Waals surface area contributed by atoms with Crippen LogP contribution in [0.15, 0.2) is 24.3 Å². The average Bonchev–Trinajstić information content (AvgIpc) is 2.74. The average molecular weight is 463 g/mol. The van der Waals surface area contributed by atoms with Gasteiger partial charge in [0.2, 0.25) is 5.95 Å². The third kappa shape index (κ3) is 5.34. The van der Waals surface area contributed by atoms with Crippen LogP contribution in [0.2, 0.25) is 0 Å². The van der Waals surface area contributed by atoms with E-state index in [-0.39, 0.29) is 24.6 Å². The van der Waals surface area contributed by atoms with Crippen molar-refractivity contribution < 1.29 is 31.4 Å². The SMILES string of the molecule is Nc1nc(N2CCCCCC(O)N(c3ccc(F)c(F)c3)CC2)cc(C(F)(F)C(F)F)n1. The number of benzene rings is 1. The zero-order valence-corrected chi connectivity index (χ0v) is 17.0. The molecule has 0 spiro atoms. The lowest BCUT2D eigenvalue weighted by molar-refractivity contribution is -0.137. The van der Waals surface area contributed by atoms with Crippen LogP contribution in [0.25, 0.3) is 0 Å². The Kier molecular flexibility index (Phi) is 7.32. The number of nitrogens with zero attached hydrogens (tertiary/aromatic N) is 4. The van der Waals surface area contributed by atoms with Gasteiger partial charge in [0.05, 0.1) is 0 Å². The first-order valence-corrected chi connectivity index (χ1v) is 10.1. The summed E-state index contributed by atoms with van der Waals surface area (Å²) in [5.41, 5.74) is 4.55. The molecule has 1 atom stereocenters. The summed E-state index contributed by atoms with van der Waals surface area (Å²) in [5.74, 6) is -7.25. The highest BCUT2D eigenvalue weighted by molar-refractivity contribution is 5.49. The van der Waals surface area contributed by atoms with Gasteiger partial charge >= 0.3 is 12.3 Å². The molecule has 0 amide bonds. The summed E-state index contributed by atoms with van der Waals surface area (Å²) < 4.78 is 80.4. The molecule has 0 saturated carbocycles. The first-order chi connectivity index (χ1) is 15.1. The summed E-state index contributed by atoms with van der Waals surface area (Å²) in [6, 6.07) is 3.99. The maximum Gasteiger partial charge on any atom is 0.349 e. The van der Waals surface area contributed by atoms with E-state index >= 15 is 0 Å². The minimum atomic E-state index is -4.50. The first-order valence-electron chi connectivity index (χ1n) is 10.1. The molecular weight excluding hydrogens is 440 g/mol. The summed E-state index contributed by atoms with van der Waals surface area (Å²) in [5, 5.41) is 10.6. The van der Waals surface area contributed by atoms with Gasteiger partial charge in [-0.05, 0) is 31.4 Å². The van der Waals surface area contributed by atoms with Crippen LogP contribution in [0.4, 0.5) is 43.8 Å². The van der Waals surface area contributed by atoms with E-state index in [0.717, 1.165) is 18.2 Å². The molecule has 0 aliphatic carbocycles. The van der Waals surface area contributed by atoms with E-state index in [2.05, 4.69) is 9.97 Å². The van der Waals surface area contributed by atoms with Crippen LogP contribution in [-0.2, 0) is 5.92 Å². The Morgan fingerprint density at radius 2 is 1.75 bits per heavy atom. The fraction of sp³-hybridized carbons (Fsp3) is 0.500. The zero-order valence-electron chi connectivity index (χ0n) is 17.0. The Labute approximate surface area is 180 Å². The largest absolute Gasteiger partial charge is 0.374 e. The summed E-state index contributed by atoms with van der Waals surface area (Å²) >= 11 is 0. The van der Waals surface area contributed by atoms with Crippen LogP contribution < -0.4 is 15.5 Å². The minimum absolute atomic E-state index is 0.0619. The molecule has 176 valence electrons. The van der Waals surface area contributed by atoms with Crippen molar-refractivity contribution in [3.05, 3.63) is 41.6 Å². The molecule has 3 N–H and O–H groups in total. The highest BCUT2D eigenvalue weighted by Crippen LogP contribution is 2.35. The number of aromatic nitrogens is 2. The molecule has 1 aliphatic heterocycles. The van der Waals surface area contributed by atoms with Crippen molar-refractivity contribution in [1.29, 1.82) is 0 Å². The molecule has 2 aromatic rings. The molecule has 1 aromatic heterocycles. The van der Waals surface area contributed by atoms with Crippen LogP contribution in [0.5, 0.6) is 0 Å². The van der Waals surface area contributed by atoms with Gasteiger partial charge in [0.25, 0.3) is 0 Å². The summed E-state index contributed by atoms with van der Waals surface area (Å²) in [6.07, 6.45) is -2.64. The number of nitrogen functional groups attached to an aromatic ring is 1. The Bertz CT molecular complexity index is 931. The number of aliphatic hydroxyl groups excluding tert-OH is 1. The fourth-order valence-electron chi connectivity index (χ4n) is 3.54. The molecule has 32 heavy (non-hydrogen) atoms. The quantitative estimate of drug-likeness (QED) is 0.670. The maximum absolute atomic E-state index is 13.9. The predicted octanol–water partition coefficient (Wildman–Crippen LogP) is 3.90. The minimum Gasteiger partial charge on any atom is -0.374 e. The van der Waals surface area contributed by atoms with Gasteiger partial charge in [-0.1, -0.05) is 6.42 Å². The van der Waals surface area contributed by atoms with E-state index in [4.69, 9.17) is 5.73 Å². The van der Waals surface area contributed by atoms with Gasteiger partial charge in [-0.15, -0.1) is 0 Å². The summed E-state index contributed by atoms with van der Waals surface area (Å²) in [6.45, 7) is 0.570. The molecule has 1 aliphatic rings. The number of nitrogens with two attached hydrogens (primary N) is 1. The van der Waals surface area contributed by atoms with Crippen molar-refractivity contribution >= 4 is 17.5 Å². The molecule has 12 heteroatoms. The lowest BCUT2D eigenvalue weighted by Crippen LogP contribution is -2.43. The second-order valence-electron chi connectivity index (χ2n) is 7.50. The lowest BCUT2D eigenvalue weighted by atomic mass is 10.1. The van der Waals surface area contributed by atoms with E-state index in [1.54, 1.807) is 4.90 Å². The van der Waals surface area contributed by atoms with Gasteiger partial charge in [-0.2, -0.15) is 13.8 Å². The van der Waals surface area contributed by atoms with Crippen molar-refractivity contribution in [3.8, 4) is 0 Å². The Morgan fingerprint density at radius 3 is 2.44 bits per heavy atom. The molecule has 2 heterocycles. The first kappa shape index (κ1) is 23.9. The molecule has 1 fully saturated rings. The van der Waals surface area contributed by atoms with E-state index in [0.29, 0.717) is 32.2 Å². The van der Waals surface area contributed by atoms with Crippen molar-refractivity contribution in [1.82, 2.24) is 9.97 Å². The Balaban J connectivity index is 1.90. The topological polar surface area (TPSA) is 78.5 Å². The number of anilines is 3. The normalized spacial score (nSPS) is 18.8. The highest BCUT2D eigenvalue weighted by Gasteiger charge is 2.45. The van der Waals surface area contributed by atoms with E-state index < -0.39 is 41.9 Å². The summed E-state index contributed by atoms with van der Waals surface area (Å²) in [7, 11) is 0. The Morgan fingerprint density at radius 1 is 1.00 bits per heavy atom. The van der Waals surface area contributed by atoms with E-state index in [9.17, 15) is 31.4 Å². The number of alkyl halides is 4. The molecule has 1 saturated heterocycles. The lowest BCUT2D eigenvalue weighted by Gasteiger charge is -2.34. The van der Waals surface area contributed by atoms with Crippen LogP contribution in [-0.4, -0.2) is 47.4 Å². The van der Waals surface area contributed by atoms with E-state index in [1.807, 2.05) is 0 Å². The number of hydrogen-bond acceptors (Lipinski definition) is 6. The predicted molar refractivity (Wildman–Crippen MR) is 107 cm³/mol. The molecule has 1 unspecified atom stereocenters. The van der Waals surface area contributed by atoms with Crippen LogP contribution in [0, 0.1) is 11.6 Å². The molecule has 0 radical (unpaired) electrons.